The fourth-order valence-electron chi connectivity index (χ4n) is 1.70. The molecule has 0 aromatic heterocycles. The highest BCUT2D eigenvalue weighted by Gasteiger charge is 2.10. The van der Waals surface area contributed by atoms with Crippen LogP contribution in [0.4, 0.5) is 8.78 Å². The summed E-state index contributed by atoms with van der Waals surface area (Å²) in [7, 11) is 1.87. The van der Waals surface area contributed by atoms with Crippen molar-refractivity contribution in [3.8, 4) is 5.75 Å². The number of ether oxygens (including phenoxy) is 2. The number of hydrogen-bond donors (Lipinski definition) is 1. The normalized spacial score (nSPS) is 12.7. The zero-order valence-electron chi connectivity index (χ0n) is 11.6. The van der Waals surface area contributed by atoms with Crippen LogP contribution in [0.1, 0.15) is 31.0 Å². The number of benzene rings is 1. The molecular formula is C14H21F2NO2. The Balaban J connectivity index is 2.82. The lowest BCUT2D eigenvalue weighted by atomic mass is 10.0. The molecular weight excluding hydrogens is 252 g/mol. The highest BCUT2D eigenvalue weighted by atomic mass is 19.3. The van der Waals surface area contributed by atoms with E-state index in [0.717, 1.165) is 11.1 Å². The van der Waals surface area contributed by atoms with Gasteiger partial charge in [0.2, 0.25) is 0 Å². The molecule has 0 aliphatic rings. The van der Waals surface area contributed by atoms with Crippen molar-refractivity contribution < 1.29 is 18.3 Å². The second-order valence-electron chi connectivity index (χ2n) is 4.22. The SMILES string of the molecule is CCOc1ccc(C(C)NC)cc1COCC(F)F. The molecule has 1 aromatic carbocycles. The molecule has 108 valence electrons. The maximum Gasteiger partial charge on any atom is 0.261 e. The molecule has 0 saturated heterocycles. The van der Waals surface area contributed by atoms with Crippen LogP contribution >= 0.6 is 0 Å². The van der Waals surface area contributed by atoms with E-state index < -0.39 is 13.0 Å². The van der Waals surface area contributed by atoms with Crippen molar-refractivity contribution in [1.29, 1.82) is 0 Å². The summed E-state index contributed by atoms with van der Waals surface area (Å²) in [4.78, 5) is 0. The van der Waals surface area contributed by atoms with Crippen molar-refractivity contribution in [1.82, 2.24) is 5.32 Å². The third-order valence-electron chi connectivity index (χ3n) is 2.82. The molecule has 0 aliphatic heterocycles. The Morgan fingerprint density at radius 3 is 2.63 bits per heavy atom. The van der Waals surface area contributed by atoms with Gasteiger partial charge in [0.1, 0.15) is 12.4 Å². The van der Waals surface area contributed by atoms with Gasteiger partial charge < -0.3 is 14.8 Å². The fourth-order valence-corrected chi connectivity index (χ4v) is 1.70. The van der Waals surface area contributed by atoms with Gasteiger partial charge in [0.05, 0.1) is 13.2 Å². The number of rotatable bonds is 8. The molecule has 1 atom stereocenters. The molecule has 1 unspecified atom stereocenters. The standard InChI is InChI=1S/C14H21F2NO2/c1-4-19-13-6-5-11(10(2)17-3)7-12(13)8-18-9-14(15)16/h5-7,10,14,17H,4,8-9H2,1-3H3. The average molecular weight is 273 g/mol. The van der Waals surface area contributed by atoms with Crippen molar-refractivity contribution in [3.63, 3.8) is 0 Å². The Kier molecular flexibility index (Phi) is 6.73. The lowest BCUT2D eigenvalue weighted by molar-refractivity contribution is 0.00919. The third kappa shape index (κ3) is 5.12. The van der Waals surface area contributed by atoms with Crippen molar-refractivity contribution >= 4 is 0 Å². The summed E-state index contributed by atoms with van der Waals surface area (Å²) >= 11 is 0. The number of alkyl halides is 2. The smallest absolute Gasteiger partial charge is 0.261 e. The second-order valence-corrected chi connectivity index (χ2v) is 4.22. The first kappa shape index (κ1) is 15.9. The quantitative estimate of drug-likeness (QED) is 0.789. The van der Waals surface area contributed by atoms with E-state index in [1.165, 1.54) is 0 Å². The molecule has 1 aromatic rings. The van der Waals surface area contributed by atoms with E-state index in [0.29, 0.717) is 12.4 Å². The molecule has 0 amide bonds. The zero-order valence-corrected chi connectivity index (χ0v) is 11.6. The second kappa shape index (κ2) is 8.07. The molecule has 0 fully saturated rings. The van der Waals surface area contributed by atoms with Crippen LogP contribution in [0, 0.1) is 0 Å². The van der Waals surface area contributed by atoms with E-state index in [-0.39, 0.29) is 12.6 Å². The molecule has 0 heterocycles. The maximum absolute atomic E-state index is 12.1. The first-order valence-corrected chi connectivity index (χ1v) is 6.37. The molecule has 1 rings (SSSR count). The van der Waals surface area contributed by atoms with Crippen LogP contribution in [0.3, 0.4) is 0 Å². The maximum atomic E-state index is 12.1. The zero-order chi connectivity index (χ0) is 14.3. The topological polar surface area (TPSA) is 30.5 Å². The van der Waals surface area contributed by atoms with Crippen molar-refractivity contribution in [2.45, 2.75) is 32.9 Å². The Hall–Kier alpha value is -1.20. The monoisotopic (exact) mass is 273 g/mol. The van der Waals surface area contributed by atoms with Crippen molar-refractivity contribution in [2.24, 2.45) is 0 Å². The van der Waals surface area contributed by atoms with E-state index >= 15 is 0 Å². The van der Waals surface area contributed by atoms with Crippen LogP contribution in [0.2, 0.25) is 0 Å². The van der Waals surface area contributed by atoms with E-state index in [2.05, 4.69) is 5.32 Å². The Bertz CT molecular complexity index is 386. The molecule has 5 heteroatoms. The predicted molar refractivity (Wildman–Crippen MR) is 70.7 cm³/mol. The van der Waals surface area contributed by atoms with Gasteiger partial charge in [-0.1, -0.05) is 6.07 Å². The Morgan fingerprint density at radius 2 is 2.05 bits per heavy atom. The van der Waals surface area contributed by atoms with Gasteiger partial charge in [0, 0.05) is 11.6 Å². The lowest BCUT2D eigenvalue weighted by Crippen LogP contribution is -2.13. The largest absolute Gasteiger partial charge is 0.494 e. The summed E-state index contributed by atoms with van der Waals surface area (Å²) in [6.45, 7) is 4.01. The van der Waals surface area contributed by atoms with Crippen molar-refractivity contribution in [3.05, 3.63) is 29.3 Å². The van der Waals surface area contributed by atoms with Crippen LogP contribution in [-0.2, 0) is 11.3 Å². The van der Waals surface area contributed by atoms with Crippen LogP contribution in [0.25, 0.3) is 0 Å². The fraction of sp³-hybridized carbons (Fsp3) is 0.571. The van der Waals surface area contributed by atoms with Gasteiger partial charge in [0.25, 0.3) is 6.43 Å². The first-order chi connectivity index (χ1) is 9.08. The molecule has 0 bridgehead atoms. The molecule has 19 heavy (non-hydrogen) atoms. The van der Waals surface area contributed by atoms with Gasteiger partial charge in [-0.3, -0.25) is 0 Å². The molecule has 1 N–H and O–H groups in total. The van der Waals surface area contributed by atoms with E-state index in [1.807, 2.05) is 39.1 Å². The summed E-state index contributed by atoms with van der Waals surface area (Å²) in [5, 5.41) is 3.13. The van der Waals surface area contributed by atoms with Gasteiger partial charge in [-0.2, -0.15) is 0 Å². The summed E-state index contributed by atoms with van der Waals surface area (Å²) in [5.74, 6) is 0.684. The Labute approximate surface area is 112 Å². The van der Waals surface area contributed by atoms with Gasteiger partial charge in [-0.25, -0.2) is 8.78 Å². The minimum Gasteiger partial charge on any atom is -0.494 e. The van der Waals surface area contributed by atoms with Gasteiger partial charge in [-0.15, -0.1) is 0 Å². The number of halogens is 2. The minimum absolute atomic E-state index is 0.129. The first-order valence-electron chi connectivity index (χ1n) is 6.37. The highest BCUT2D eigenvalue weighted by Crippen LogP contribution is 2.24. The van der Waals surface area contributed by atoms with Crippen LogP contribution in [0.5, 0.6) is 5.75 Å². The molecule has 0 aliphatic carbocycles. The number of nitrogens with one attached hydrogen (secondary N) is 1. The van der Waals surface area contributed by atoms with Gasteiger partial charge in [0.15, 0.2) is 0 Å². The van der Waals surface area contributed by atoms with E-state index in [4.69, 9.17) is 9.47 Å². The average Bonchev–Trinajstić information content (AvgIpc) is 2.39. The van der Waals surface area contributed by atoms with Gasteiger partial charge >= 0.3 is 0 Å². The van der Waals surface area contributed by atoms with Gasteiger partial charge in [-0.05, 0) is 38.6 Å². The summed E-state index contributed by atoms with van der Waals surface area (Å²) in [6.07, 6.45) is -2.45. The number of hydrogen-bond acceptors (Lipinski definition) is 3. The lowest BCUT2D eigenvalue weighted by Gasteiger charge is -2.16. The Morgan fingerprint density at radius 1 is 1.32 bits per heavy atom. The molecule has 0 radical (unpaired) electrons. The molecule has 0 spiro atoms. The van der Waals surface area contributed by atoms with Crippen LogP contribution in [-0.4, -0.2) is 26.7 Å². The van der Waals surface area contributed by atoms with Crippen molar-refractivity contribution in [2.75, 3.05) is 20.3 Å². The van der Waals surface area contributed by atoms with Crippen LogP contribution in [0.15, 0.2) is 18.2 Å². The molecule has 0 saturated carbocycles. The van der Waals surface area contributed by atoms with Crippen LogP contribution < -0.4 is 10.1 Å². The molecule has 3 nitrogen and oxygen atoms in total. The summed E-state index contributed by atoms with van der Waals surface area (Å²) in [6, 6.07) is 5.93. The third-order valence-corrected chi connectivity index (χ3v) is 2.82. The highest BCUT2D eigenvalue weighted by molar-refractivity contribution is 5.38. The van der Waals surface area contributed by atoms with E-state index in [1.54, 1.807) is 0 Å². The minimum atomic E-state index is -2.45. The van der Waals surface area contributed by atoms with E-state index in [9.17, 15) is 8.78 Å². The summed E-state index contributed by atoms with van der Waals surface area (Å²) < 4.78 is 34.6. The summed E-state index contributed by atoms with van der Waals surface area (Å²) in [5.41, 5.74) is 1.86. The predicted octanol–water partition coefficient (Wildman–Crippen LogP) is 3.15.